The van der Waals surface area contributed by atoms with Crippen LogP contribution in [0.2, 0.25) is 0 Å². The smallest absolute Gasteiger partial charge is 0.351 e. The first-order chi connectivity index (χ1) is 10.1. The van der Waals surface area contributed by atoms with Crippen molar-refractivity contribution in [3.05, 3.63) is 24.2 Å². The molecule has 0 aromatic carbocycles. The van der Waals surface area contributed by atoms with Crippen molar-refractivity contribution in [1.82, 2.24) is 10.2 Å². The Hall–Kier alpha value is -1.54. The third kappa shape index (κ3) is 5.34. The summed E-state index contributed by atoms with van der Waals surface area (Å²) in [5.41, 5.74) is -1.43. The molecule has 0 saturated carbocycles. The van der Waals surface area contributed by atoms with Crippen LogP contribution in [0.25, 0.3) is 0 Å². The Morgan fingerprint density at radius 2 is 2.32 bits per heavy atom. The number of amides is 2. The molecular weight excluding hydrogens is 318 g/mol. The fraction of sp³-hybridized carbons (Fsp3) is 0.500. The summed E-state index contributed by atoms with van der Waals surface area (Å²) < 4.78 is 29.8. The van der Waals surface area contributed by atoms with Crippen molar-refractivity contribution in [3.8, 4) is 0 Å². The Kier molecular flexibility index (Phi) is 6.01. The number of nitrogens with one attached hydrogen (secondary N) is 1. The van der Waals surface area contributed by atoms with E-state index in [1.807, 2.05) is 5.32 Å². The highest BCUT2D eigenvalue weighted by atomic mass is 31.2. The fourth-order valence-electron chi connectivity index (χ4n) is 1.92. The van der Waals surface area contributed by atoms with E-state index >= 15 is 0 Å². The van der Waals surface area contributed by atoms with Gasteiger partial charge in [0.2, 0.25) is 6.41 Å². The summed E-state index contributed by atoms with van der Waals surface area (Å²) in [5, 5.41) is 1.92. The summed E-state index contributed by atoms with van der Waals surface area (Å²) in [6, 6.07) is -0.456. The summed E-state index contributed by atoms with van der Waals surface area (Å²) in [6.07, 6.45) is 3.21. The van der Waals surface area contributed by atoms with Crippen LogP contribution in [0.15, 0.2) is 24.2 Å². The molecule has 22 heavy (non-hydrogen) atoms. The van der Waals surface area contributed by atoms with Crippen LogP contribution in [0.1, 0.15) is 13.3 Å². The van der Waals surface area contributed by atoms with Crippen LogP contribution in [0, 0.1) is 0 Å². The van der Waals surface area contributed by atoms with Crippen molar-refractivity contribution in [2.75, 3.05) is 13.4 Å². The number of rotatable bonds is 7. The van der Waals surface area contributed by atoms with Gasteiger partial charge in [0.15, 0.2) is 0 Å². The van der Waals surface area contributed by atoms with E-state index in [2.05, 4.69) is 0 Å². The lowest BCUT2D eigenvalue weighted by Gasteiger charge is -2.28. The van der Waals surface area contributed by atoms with Gasteiger partial charge in [0.25, 0.3) is 5.91 Å². The van der Waals surface area contributed by atoms with Gasteiger partial charge in [-0.15, -0.1) is 0 Å². The summed E-state index contributed by atoms with van der Waals surface area (Å²) in [4.78, 5) is 40.3. The zero-order valence-corrected chi connectivity index (χ0v) is 13.0. The van der Waals surface area contributed by atoms with Gasteiger partial charge in [0.1, 0.15) is 17.8 Å². The number of nitrogens with zero attached hydrogens (tertiary/aromatic N) is 1. The molecule has 0 heterocycles. The Balaban J connectivity index is 2.68. The van der Waals surface area contributed by atoms with Gasteiger partial charge in [-0.3, -0.25) is 19.5 Å². The van der Waals surface area contributed by atoms with Gasteiger partial charge in [-0.05, 0) is 13.0 Å². The van der Waals surface area contributed by atoms with Crippen LogP contribution in [0.3, 0.4) is 0 Å². The van der Waals surface area contributed by atoms with E-state index in [0.717, 1.165) is 6.08 Å². The summed E-state index contributed by atoms with van der Waals surface area (Å²) in [7, 11) is -2.80. The second-order valence-electron chi connectivity index (χ2n) is 5.06. The first-order valence-electron chi connectivity index (χ1n) is 6.28. The van der Waals surface area contributed by atoms with E-state index in [4.69, 9.17) is 14.5 Å². The van der Waals surface area contributed by atoms with Crippen molar-refractivity contribution in [2.24, 2.45) is 0 Å². The van der Waals surface area contributed by atoms with Gasteiger partial charge in [-0.25, -0.2) is 4.39 Å². The first-order valence-corrected chi connectivity index (χ1v) is 8.08. The van der Waals surface area contributed by atoms with Crippen molar-refractivity contribution in [2.45, 2.75) is 25.0 Å². The van der Waals surface area contributed by atoms with Crippen molar-refractivity contribution >= 4 is 19.9 Å². The topological polar surface area (TPSA) is 116 Å². The Morgan fingerprint density at radius 1 is 1.68 bits per heavy atom. The lowest BCUT2D eigenvalue weighted by atomic mass is 10.0. The minimum Gasteiger partial charge on any atom is -0.374 e. The third-order valence-corrected chi connectivity index (χ3v) is 3.64. The number of likely N-dealkylation sites (N-methyl/N-ethyl adjacent to an activating group) is 1. The van der Waals surface area contributed by atoms with E-state index in [-0.39, 0.29) is 12.8 Å². The Labute approximate surface area is 126 Å². The largest absolute Gasteiger partial charge is 0.374 e. The highest BCUT2D eigenvalue weighted by molar-refractivity contribution is 7.51. The van der Waals surface area contributed by atoms with Gasteiger partial charge >= 0.3 is 7.60 Å². The molecule has 1 rings (SSSR count). The molecule has 0 aliphatic heterocycles. The average Bonchev–Trinajstić information content (AvgIpc) is 2.70. The second kappa shape index (κ2) is 7.15. The quantitative estimate of drug-likeness (QED) is 0.346. The summed E-state index contributed by atoms with van der Waals surface area (Å²) >= 11 is 0. The van der Waals surface area contributed by atoms with E-state index in [9.17, 15) is 18.5 Å². The van der Waals surface area contributed by atoms with Gasteiger partial charge < -0.3 is 19.4 Å². The number of hydrogen-bond acceptors (Lipinski definition) is 5. The van der Waals surface area contributed by atoms with Crippen molar-refractivity contribution in [1.29, 1.82) is 0 Å². The zero-order chi connectivity index (χ0) is 17.0. The van der Waals surface area contributed by atoms with Crippen molar-refractivity contribution in [3.63, 3.8) is 0 Å². The minimum atomic E-state index is -4.39. The van der Waals surface area contributed by atoms with Crippen LogP contribution in [0.5, 0.6) is 0 Å². The molecule has 0 spiro atoms. The van der Waals surface area contributed by atoms with E-state index in [1.165, 1.54) is 24.1 Å². The van der Waals surface area contributed by atoms with Crippen LogP contribution < -0.4 is 5.32 Å². The molecule has 0 fully saturated rings. The van der Waals surface area contributed by atoms with Gasteiger partial charge in [-0.2, -0.15) is 0 Å². The molecule has 0 aromatic rings. The molecule has 0 bridgehead atoms. The predicted molar refractivity (Wildman–Crippen MR) is 75.1 cm³/mol. The normalized spacial score (nSPS) is 25.1. The number of halogens is 1. The molecule has 124 valence electrons. The van der Waals surface area contributed by atoms with Crippen LogP contribution in [0.4, 0.5) is 4.39 Å². The van der Waals surface area contributed by atoms with Gasteiger partial charge in [0.05, 0.1) is 6.04 Å². The Morgan fingerprint density at radius 3 is 2.86 bits per heavy atom. The highest BCUT2D eigenvalue weighted by Gasteiger charge is 2.41. The summed E-state index contributed by atoms with van der Waals surface area (Å²) in [6.45, 7) is 1.39. The van der Waals surface area contributed by atoms with Crippen LogP contribution in [-0.2, 0) is 18.9 Å². The number of carbonyl (C=O) groups is 2. The average molecular weight is 336 g/mol. The van der Waals surface area contributed by atoms with E-state index in [0.29, 0.717) is 0 Å². The Bertz CT molecular complexity index is 546. The first kappa shape index (κ1) is 18.5. The zero-order valence-electron chi connectivity index (χ0n) is 12.1. The maximum Gasteiger partial charge on any atom is 0.351 e. The number of carbonyl (C=O) groups excluding carboxylic acids is 2. The standard InChI is InChI=1S/C12H18FN2O6P/c1-12(21-8-22(18,19)20)6-9(5-10(12)13)15(2)4-3-11(17)14-7-16/h3-5,7,9H,6,8H2,1-2H3,(H,14,16,17)(H2,18,19,20)/b4-3-/t9?,12-/m0/s1. The predicted octanol–water partition coefficient (Wildman–Crippen LogP) is 0.241. The van der Waals surface area contributed by atoms with Crippen LogP contribution in [-0.4, -0.2) is 52.0 Å². The molecule has 2 amide bonds. The molecule has 1 aliphatic carbocycles. The van der Waals surface area contributed by atoms with Crippen LogP contribution >= 0.6 is 7.60 Å². The molecule has 1 aliphatic rings. The summed E-state index contributed by atoms with van der Waals surface area (Å²) in [5.74, 6) is -1.26. The molecule has 0 radical (unpaired) electrons. The molecule has 2 atom stereocenters. The molecule has 0 saturated heterocycles. The molecule has 8 nitrogen and oxygen atoms in total. The van der Waals surface area contributed by atoms with E-state index < -0.39 is 37.3 Å². The maximum absolute atomic E-state index is 14.0. The maximum atomic E-state index is 14.0. The lowest BCUT2D eigenvalue weighted by Crippen LogP contribution is -2.33. The van der Waals surface area contributed by atoms with Gasteiger partial charge in [-0.1, -0.05) is 0 Å². The molecule has 0 aromatic heterocycles. The number of ether oxygens (including phenoxy) is 1. The second-order valence-corrected chi connectivity index (χ2v) is 6.65. The monoisotopic (exact) mass is 336 g/mol. The number of hydrogen-bond donors (Lipinski definition) is 3. The van der Waals surface area contributed by atoms with E-state index in [1.54, 1.807) is 7.05 Å². The SMILES string of the molecule is CN(/C=C\C(=O)NC=O)C1C=C(F)[C@@](C)(OCP(=O)(O)O)C1. The highest BCUT2D eigenvalue weighted by Crippen LogP contribution is 2.42. The molecular formula is C12H18FN2O6P. The molecule has 10 heteroatoms. The number of imide groups is 1. The van der Waals surface area contributed by atoms with Crippen molar-refractivity contribution < 1.29 is 33.1 Å². The lowest BCUT2D eigenvalue weighted by molar-refractivity contribution is -0.121. The fourth-order valence-corrected chi connectivity index (χ4v) is 2.37. The molecule has 3 N–H and O–H groups in total. The van der Waals surface area contributed by atoms with Gasteiger partial charge in [0, 0.05) is 25.7 Å². The third-order valence-electron chi connectivity index (χ3n) is 3.18. The minimum absolute atomic E-state index is 0.120. The molecule has 1 unspecified atom stereocenters.